The molecular weight excluding hydrogens is 306 g/mol. The first-order valence-electron chi connectivity index (χ1n) is 7.51. The minimum atomic E-state index is -0.00354. The summed E-state index contributed by atoms with van der Waals surface area (Å²) in [6.45, 7) is 1.45. The Morgan fingerprint density at radius 1 is 1.27 bits per heavy atom. The smallest absolute Gasteiger partial charge is 0.236 e. The van der Waals surface area contributed by atoms with Crippen LogP contribution in [-0.2, 0) is 9.59 Å². The summed E-state index contributed by atoms with van der Waals surface area (Å²) < 4.78 is 1.88. The summed E-state index contributed by atoms with van der Waals surface area (Å²) in [7, 11) is 0. The van der Waals surface area contributed by atoms with Crippen molar-refractivity contribution in [2.24, 2.45) is 11.7 Å². The zero-order valence-corrected chi connectivity index (χ0v) is 13.2. The standard InChI is InChI=1S/C14H21N5O2.ClH/c15-9-13(20)18-7-4-11(5-8-18)19-12(3-6-16-19)17-14(21)10-1-2-10;/h3,6,10-11H,1-2,4-5,7-9,15H2,(H,17,21);1H. The molecule has 122 valence electrons. The lowest BCUT2D eigenvalue weighted by Gasteiger charge is -2.32. The van der Waals surface area contributed by atoms with Crippen LogP contribution in [0.5, 0.6) is 0 Å². The minimum absolute atomic E-state index is 0. The topological polar surface area (TPSA) is 93.2 Å². The number of carbonyl (C=O) groups is 2. The van der Waals surface area contributed by atoms with E-state index in [1.807, 2.05) is 10.7 Å². The molecule has 2 fully saturated rings. The predicted molar refractivity (Wildman–Crippen MR) is 84.7 cm³/mol. The highest BCUT2D eigenvalue weighted by atomic mass is 35.5. The van der Waals surface area contributed by atoms with E-state index >= 15 is 0 Å². The molecule has 0 radical (unpaired) electrons. The molecule has 1 aromatic rings. The van der Waals surface area contributed by atoms with Crippen LogP contribution in [0.2, 0.25) is 0 Å². The van der Waals surface area contributed by atoms with Gasteiger partial charge in [-0.2, -0.15) is 5.10 Å². The van der Waals surface area contributed by atoms with Gasteiger partial charge in [0.25, 0.3) is 0 Å². The average Bonchev–Trinajstić information content (AvgIpc) is 3.27. The van der Waals surface area contributed by atoms with Gasteiger partial charge in [0, 0.05) is 25.1 Å². The van der Waals surface area contributed by atoms with Gasteiger partial charge in [-0.3, -0.25) is 9.59 Å². The van der Waals surface area contributed by atoms with Gasteiger partial charge >= 0.3 is 0 Å². The second-order valence-electron chi connectivity index (χ2n) is 5.74. The zero-order valence-electron chi connectivity index (χ0n) is 12.4. The molecule has 0 atom stereocenters. The van der Waals surface area contributed by atoms with Gasteiger partial charge in [0.05, 0.1) is 18.8 Å². The van der Waals surface area contributed by atoms with Crippen LogP contribution in [0, 0.1) is 5.92 Å². The summed E-state index contributed by atoms with van der Waals surface area (Å²) in [5.74, 6) is 1.02. The molecule has 1 saturated heterocycles. The lowest BCUT2D eigenvalue weighted by atomic mass is 10.1. The van der Waals surface area contributed by atoms with Crippen molar-refractivity contribution in [3.8, 4) is 0 Å². The highest BCUT2D eigenvalue weighted by Gasteiger charge is 2.31. The quantitative estimate of drug-likeness (QED) is 0.854. The van der Waals surface area contributed by atoms with Crippen molar-refractivity contribution < 1.29 is 9.59 Å². The van der Waals surface area contributed by atoms with E-state index in [4.69, 9.17) is 5.73 Å². The number of hydrogen-bond acceptors (Lipinski definition) is 4. The molecule has 0 bridgehead atoms. The number of nitrogens with two attached hydrogens (primary N) is 1. The molecule has 22 heavy (non-hydrogen) atoms. The molecule has 8 heteroatoms. The van der Waals surface area contributed by atoms with Crippen LogP contribution in [0.15, 0.2) is 12.3 Å². The Labute approximate surface area is 135 Å². The Morgan fingerprint density at radius 3 is 2.55 bits per heavy atom. The first-order chi connectivity index (χ1) is 10.2. The number of carbonyl (C=O) groups excluding carboxylic acids is 2. The molecule has 2 amide bonds. The fraction of sp³-hybridized carbons (Fsp3) is 0.643. The maximum absolute atomic E-state index is 11.9. The van der Waals surface area contributed by atoms with Crippen LogP contribution in [0.25, 0.3) is 0 Å². The van der Waals surface area contributed by atoms with Gasteiger partial charge in [-0.1, -0.05) is 0 Å². The summed E-state index contributed by atoms with van der Waals surface area (Å²) in [4.78, 5) is 25.2. The largest absolute Gasteiger partial charge is 0.341 e. The number of likely N-dealkylation sites (tertiary alicyclic amines) is 1. The molecule has 2 heterocycles. The first kappa shape index (κ1) is 16.8. The van der Waals surface area contributed by atoms with Crippen molar-refractivity contribution in [1.82, 2.24) is 14.7 Å². The normalized spacial score (nSPS) is 18.7. The summed E-state index contributed by atoms with van der Waals surface area (Å²) in [5.41, 5.74) is 5.39. The second kappa shape index (κ2) is 7.11. The highest BCUT2D eigenvalue weighted by Crippen LogP contribution is 2.31. The Hall–Kier alpha value is -1.60. The molecule has 0 unspecified atom stereocenters. The summed E-state index contributed by atoms with van der Waals surface area (Å²) in [5, 5.41) is 7.29. The van der Waals surface area contributed by atoms with Gasteiger partial charge in [-0.25, -0.2) is 4.68 Å². The Kier molecular flexibility index (Phi) is 5.42. The van der Waals surface area contributed by atoms with E-state index in [1.54, 1.807) is 11.1 Å². The summed E-state index contributed by atoms with van der Waals surface area (Å²) >= 11 is 0. The van der Waals surface area contributed by atoms with E-state index in [9.17, 15) is 9.59 Å². The fourth-order valence-electron chi connectivity index (χ4n) is 2.77. The molecule has 1 aliphatic carbocycles. The van der Waals surface area contributed by atoms with E-state index in [-0.39, 0.29) is 42.7 Å². The number of piperidine rings is 1. The maximum atomic E-state index is 11.9. The molecule has 7 nitrogen and oxygen atoms in total. The monoisotopic (exact) mass is 327 g/mol. The molecule has 1 aromatic heterocycles. The van der Waals surface area contributed by atoms with E-state index in [1.165, 1.54) is 0 Å². The Morgan fingerprint density at radius 2 is 1.95 bits per heavy atom. The second-order valence-corrected chi connectivity index (χ2v) is 5.74. The molecule has 0 aromatic carbocycles. The van der Waals surface area contributed by atoms with E-state index < -0.39 is 0 Å². The van der Waals surface area contributed by atoms with Crippen molar-refractivity contribution in [3.63, 3.8) is 0 Å². The molecular formula is C14H22ClN5O2. The third kappa shape index (κ3) is 3.59. The van der Waals surface area contributed by atoms with Crippen molar-refractivity contribution >= 4 is 30.0 Å². The average molecular weight is 328 g/mol. The molecule has 3 rings (SSSR count). The van der Waals surface area contributed by atoms with Crippen LogP contribution in [0.1, 0.15) is 31.7 Å². The predicted octanol–water partition coefficient (Wildman–Crippen LogP) is 0.776. The molecule has 0 spiro atoms. The number of halogens is 1. The summed E-state index contributed by atoms with van der Waals surface area (Å²) in [6, 6.07) is 2.05. The molecule has 3 N–H and O–H groups in total. The third-order valence-corrected chi connectivity index (χ3v) is 4.21. The van der Waals surface area contributed by atoms with Crippen molar-refractivity contribution in [3.05, 3.63) is 12.3 Å². The number of nitrogens with zero attached hydrogens (tertiary/aromatic N) is 3. The number of nitrogens with one attached hydrogen (secondary N) is 1. The number of aromatic nitrogens is 2. The number of rotatable bonds is 4. The highest BCUT2D eigenvalue weighted by molar-refractivity contribution is 5.93. The van der Waals surface area contributed by atoms with Crippen LogP contribution < -0.4 is 11.1 Å². The molecule has 2 aliphatic rings. The van der Waals surface area contributed by atoms with Crippen molar-refractivity contribution in [2.75, 3.05) is 25.0 Å². The maximum Gasteiger partial charge on any atom is 0.236 e. The fourth-order valence-corrected chi connectivity index (χ4v) is 2.77. The van der Waals surface area contributed by atoms with Gasteiger partial charge in [-0.15, -0.1) is 12.4 Å². The molecule has 1 aliphatic heterocycles. The third-order valence-electron chi connectivity index (χ3n) is 4.21. The van der Waals surface area contributed by atoms with E-state index in [2.05, 4.69) is 10.4 Å². The van der Waals surface area contributed by atoms with Gasteiger partial charge < -0.3 is 16.0 Å². The Bertz CT molecular complexity index is 535. The van der Waals surface area contributed by atoms with E-state index in [0.717, 1.165) is 31.5 Å². The van der Waals surface area contributed by atoms with Crippen LogP contribution in [-0.4, -0.2) is 46.1 Å². The number of amides is 2. The number of anilines is 1. The lowest BCUT2D eigenvalue weighted by molar-refractivity contribution is -0.131. The van der Waals surface area contributed by atoms with Gasteiger partial charge in [0.1, 0.15) is 5.82 Å². The van der Waals surface area contributed by atoms with Crippen molar-refractivity contribution in [1.29, 1.82) is 0 Å². The van der Waals surface area contributed by atoms with E-state index in [0.29, 0.717) is 13.1 Å². The van der Waals surface area contributed by atoms with Crippen molar-refractivity contribution in [2.45, 2.75) is 31.7 Å². The van der Waals surface area contributed by atoms with Crippen LogP contribution in [0.3, 0.4) is 0 Å². The molecule has 1 saturated carbocycles. The van der Waals surface area contributed by atoms with Gasteiger partial charge in [-0.05, 0) is 25.7 Å². The Balaban J connectivity index is 0.00000176. The van der Waals surface area contributed by atoms with Crippen LogP contribution >= 0.6 is 12.4 Å². The number of hydrogen-bond donors (Lipinski definition) is 2. The SMILES string of the molecule is Cl.NCC(=O)N1CCC(n2nccc2NC(=O)C2CC2)CC1. The van der Waals surface area contributed by atoms with Gasteiger partial charge in [0.2, 0.25) is 11.8 Å². The lowest BCUT2D eigenvalue weighted by Crippen LogP contribution is -2.42. The minimum Gasteiger partial charge on any atom is -0.341 e. The zero-order chi connectivity index (χ0) is 14.8. The van der Waals surface area contributed by atoms with Gasteiger partial charge in [0.15, 0.2) is 0 Å². The van der Waals surface area contributed by atoms with Crippen LogP contribution in [0.4, 0.5) is 5.82 Å². The summed E-state index contributed by atoms with van der Waals surface area (Å²) in [6.07, 6.45) is 5.35. The first-order valence-corrected chi connectivity index (χ1v) is 7.51.